The Bertz CT molecular complexity index is 981. The second kappa shape index (κ2) is 7.28. The Labute approximate surface area is 163 Å². The molecule has 0 saturated heterocycles. The summed E-state index contributed by atoms with van der Waals surface area (Å²) in [6, 6.07) is 15.3. The van der Waals surface area contributed by atoms with Gasteiger partial charge in [0.1, 0.15) is 5.76 Å². The lowest BCUT2D eigenvalue weighted by molar-refractivity contribution is -0.123. The van der Waals surface area contributed by atoms with Gasteiger partial charge in [-0.2, -0.15) is 0 Å². The standard InChI is InChI=1S/C22H22ClNO3/c1-3-26-19-10-6-7-14-11-20(27-21(14)19)13(2)24-22(25)17-12-16(17)15-8-4-5-9-18(15)23/h4-11,13,16-17H,3,12H2,1-2H3,(H,24,25). The van der Waals surface area contributed by atoms with Gasteiger partial charge in [0.05, 0.1) is 12.6 Å². The first-order chi connectivity index (χ1) is 13.1. The Morgan fingerprint density at radius 3 is 2.89 bits per heavy atom. The summed E-state index contributed by atoms with van der Waals surface area (Å²) in [6.45, 7) is 4.45. The lowest BCUT2D eigenvalue weighted by atomic mass is 10.1. The predicted octanol–water partition coefficient (Wildman–Crippen LogP) is 5.47. The monoisotopic (exact) mass is 383 g/mol. The number of carbonyl (C=O) groups is 1. The lowest BCUT2D eigenvalue weighted by Crippen LogP contribution is -2.28. The van der Waals surface area contributed by atoms with Crippen molar-refractivity contribution in [3.8, 4) is 5.75 Å². The molecule has 1 amide bonds. The number of benzene rings is 2. The van der Waals surface area contributed by atoms with Gasteiger partial charge in [-0.25, -0.2) is 0 Å². The summed E-state index contributed by atoms with van der Waals surface area (Å²) in [7, 11) is 0. The molecular formula is C22H22ClNO3. The van der Waals surface area contributed by atoms with Gasteiger partial charge in [-0.05, 0) is 49.9 Å². The van der Waals surface area contributed by atoms with Crippen LogP contribution in [0.15, 0.2) is 52.9 Å². The number of rotatable bonds is 6. The van der Waals surface area contributed by atoms with Crippen LogP contribution in [-0.2, 0) is 4.79 Å². The molecular weight excluding hydrogens is 362 g/mol. The first kappa shape index (κ1) is 17.9. The van der Waals surface area contributed by atoms with Gasteiger partial charge in [0.15, 0.2) is 11.3 Å². The van der Waals surface area contributed by atoms with Gasteiger partial charge < -0.3 is 14.5 Å². The van der Waals surface area contributed by atoms with E-state index in [9.17, 15) is 4.79 Å². The van der Waals surface area contributed by atoms with E-state index in [0.717, 1.165) is 39.5 Å². The average molecular weight is 384 g/mol. The van der Waals surface area contributed by atoms with E-state index >= 15 is 0 Å². The van der Waals surface area contributed by atoms with Crippen molar-refractivity contribution in [1.82, 2.24) is 5.32 Å². The molecule has 1 aromatic heterocycles. The van der Waals surface area contributed by atoms with Crippen LogP contribution in [0.1, 0.15) is 43.6 Å². The zero-order chi connectivity index (χ0) is 19.0. The number of para-hydroxylation sites is 1. The number of nitrogens with one attached hydrogen (secondary N) is 1. The highest BCUT2D eigenvalue weighted by atomic mass is 35.5. The van der Waals surface area contributed by atoms with Crippen molar-refractivity contribution < 1.29 is 13.9 Å². The molecule has 1 aliphatic carbocycles. The highest BCUT2D eigenvalue weighted by Gasteiger charge is 2.45. The summed E-state index contributed by atoms with van der Waals surface area (Å²) >= 11 is 6.26. The summed E-state index contributed by atoms with van der Waals surface area (Å²) in [5, 5.41) is 4.77. The summed E-state index contributed by atoms with van der Waals surface area (Å²) in [5.41, 5.74) is 1.77. The molecule has 3 atom stereocenters. The number of carbonyl (C=O) groups excluding carboxylic acids is 1. The summed E-state index contributed by atoms with van der Waals surface area (Å²) < 4.78 is 11.6. The number of furan rings is 1. The largest absolute Gasteiger partial charge is 0.490 e. The molecule has 0 radical (unpaired) electrons. The van der Waals surface area contributed by atoms with Crippen LogP contribution in [0, 0.1) is 5.92 Å². The molecule has 140 valence electrons. The molecule has 1 saturated carbocycles. The van der Waals surface area contributed by atoms with Crippen molar-refractivity contribution in [2.24, 2.45) is 5.92 Å². The second-order valence-electron chi connectivity index (χ2n) is 6.96. The maximum absolute atomic E-state index is 12.6. The summed E-state index contributed by atoms with van der Waals surface area (Å²) in [6.07, 6.45) is 0.830. The minimum atomic E-state index is -0.216. The van der Waals surface area contributed by atoms with Gasteiger partial charge in [-0.1, -0.05) is 41.9 Å². The van der Waals surface area contributed by atoms with Crippen LogP contribution in [0.2, 0.25) is 5.02 Å². The zero-order valence-electron chi connectivity index (χ0n) is 15.4. The normalized spacial score (nSPS) is 19.7. The van der Waals surface area contributed by atoms with Gasteiger partial charge in [-0.15, -0.1) is 0 Å². The number of halogens is 1. The fourth-order valence-electron chi connectivity index (χ4n) is 3.53. The highest BCUT2D eigenvalue weighted by molar-refractivity contribution is 6.31. The summed E-state index contributed by atoms with van der Waals surface area (Å²) in [4.78, 5) is 12.6. The average Bonchev–Trinajstić information content (AvgIpc) is 3.32. The highest BCUT2D eigenvalue weighted by Crippen LogP contribution is 2.49. The molecule has 1 N–H and O–H groups in total. The van der Waals surface area contributed by atoms with Crippen molar-refractivity contribution >= 4 is 28.5 Å². The van der Waals surface area contributed by atoms with E-state index in [2.05, 4.69) is 5.32 Å². The Morgan fingerprint density at radius 1 is 1.30 bits per heavy atom. The second-order valence-corrected chi connectivity index (χ2v) is 7.36. The first-order valence-corrected chi connectivity index (χ1v) is 9.66. The third-order valence-corrected chi connectivity index (χ3v) is 5.39. The van der Waals surface area contributed by atoms with E-state index in [1.54, 1.807) is 0 Å². The molecule has 2 aromatic carbocycles. The molecule has 3 unspecified atom stereocenters. The van der Waals surface area contributed by atoms with Crippen LogP contribution in [0.25, 0.3) is 11.0 Å². The zero-order valence-corrected chi connectivity index (χ0v) is 16.1. The molecule has 4 rings (SSSR count). The van der Waals surface area contributed by atoms with Crippen LogP contribution in [-0.4, -0.2) is 12.5 Å². The smallest absolute Gasteiger partial charge is 0.224 e. The fourth-order valence-corrected chi connectivity index (χ4v) is 3.81. The quantitative estimate of drug-likeness (QED) is 0.614. The Hall–Kier alpha value is -2.46. The number of amides is 1. The first-order valence-electron chi connectivity index (χ1n) is 9.28. The van der Waals surface area contributed by atoms with E-state index in [0.29, 0.717) is 6.61 Å². The SMILES string of the molecule is CCOc1cccc2cc(C(C)NC(=O)C3CC3c3ccccc3Cl)oc12. The van der Waals surface area contributed by atoms with Crippen LogP contribution in [0.3, 0.4) is 0 Å². The van der Waals surface area contributed by atoms with Crippen molar-refractivity contribution in [2.45, 2.75) is 32.2 Å². The topological polar surface area (TPSA) is 51.5 Å². The van der Waals surface area contributed by atoms with E-state index in [1.165, 1.54) is 0 Å². The van der Waals surface area contributed by atoms with E-state index in [-0.39, 0.29) is 23.8 Å². The summed E-state index contributed by atoms with van der Waals surface area (Å²) in [5.74, 6) is 1.65. The molecule has 0 bridgehead atoms. The van der Waals surface area contributed by atoms with Gasteiger partial charge in [-0.3, -0.25) is 4.79 Å². The molecule has 1 aliphatic rings. The van der Waals surface area contributed by atoms with Crippen molar-refractivity contribution in [1.29, 1.82) is 0 Å². The minimum absolute atomic E-state index is 0.0317. The molecule has 4 nitrogen and oxygen atoms in total. The molecule has 0 aliphatic heterocycles. The van der Waals surface area contributed by atoms with Crippen LogP contribution >= 0.6 is 11.6 Å². The number of hydrogen-bond acceptors (Lipinski definition) is 3. The third kappa shape index (κ3) is 3.54. The van der Waals surface area contributed by atoms with Gasteiger partial charge in [0.2, 0.25) is 5.91 Å². The molecule has 1 fully saturated rings. The van der Waals surface area contributed by atoms with E-state index in [1.807, 2.05) is 62.4 Å². The van der Waals surface area contributed by atoms with Crippen molar-refractivity contribution in [3.63, 3.8) is 0 Å². The van der Waals surface area contributed by atoms with Gasteiger partial charge in [0.25, 0.3) is 0 Å². The fraction of sp³-hybridized carbons (Fsp3) is 0.318. The number of fused-ring (bicyclic) bond motifs is 1. The van der Waals surface area contributed by atoms with Crippen molar-refractivity contribution in [2.75, 3.05) is 6.61 Å². The molecule has 3 aromatic rings. The third-order valence-electron chi connectivity index (χ3n) is 5.04. The maximum atomic E-state index is 12.6. The number of ether oxygens (including phenoxy) is 1. The number of hydrogen-bond donors (Lipinski definition) is 1. The van der Waals surface area contributed by atoms with Crippen LogP contribution in [0.5, 0.6) is 5.75 Å². The van der Waals surface area contributed by atoms with Crippen molar-refractivity contribution in [3.05, 3.63) is 64.9 Å². The van der Waals surface area contributed by atoms with E-state index < -0.39 is 0 Å². The molecule has 27 heavy (non-hydrogen) atoms. The Balaban J connectivity index is 1.46. The minimum Gasteiger partial charge on any atom is -0.490 e. The Morgan fingerprint density at radius 2 is 2.11 bits per heavy atom. The van der Waals surface area contributed by atoms with Gasteiger partial charge in [0, 0.05) is 16.3 Å². The maximum Gasteiger partial charge on any atom is 0.224 e. The predicted molar refractivity (Wildman–Crippen MR) is 106 cm³/mol. The van der Waals surface area contributed by atoms with Crippen LogP contribution < -0.4 is 10.1 Å². The molecule has 0 spiro atoms. The van der Waals surface area contributed by atoms with Crippen LogP contribution in [0.4, 0.5) is 0 Å². The van der Waals surface area contributed by atoms with E-state index in [4.69, 9.17) is 20.8 Å². The molecule has 5 heteroatoms. The lowest BCUT2D eigenvalue weighted by Gasteiger charge is -2.11. The molecule has 1 heterocycles. The van der Waals surface area contributed by atoms with Gasteiger partial charge >= 0.3 is 0 Å². The Kier molecular flexibility index (Phi) is 4.83.